The summed E-state index contributed by atoms with van der Waals surface area (Å²) in [4.78, 5) is 2.60. The first-order valence-electron chi connectivity index (χ1n) is 4.56. The summed E-state index contributed by atoms with van der Waals surface area (Å²) < 4.78 is 0. The van der Waals surface area contributed by atoms with Crippen LogP contribution in [0.4, 0.5) is 0 Å². The van der Waals surface area contributed by atoms with Crippen molar-refractivity contribution in [3.8, 4) is 0 Å². The quantitative estimate of drug-likeness (QED) is 0.712. The van der Waals surface area contributed by atoms with Crippen LogP contribution in [0, 0.1) is 0 Å². The van der Waals surface area contributed by atoms with Gasteiger partial charge in [-0.3, -0.25) is 0 Å². The highest BCUT2D eigenvalue weighted by Crippen LogP contribution is 2.14. The summed E-state index contributed by atoms with van der Waals surface area (Å²) in [5.41, 5.74) is 0. The molecule has 0 amide bonds. The van der Waals surface area contributed by atoms with Crippen LogP contribution in [-0.4, -0.2) is 53.7 Å². The Kier molecular flexibility index (Phi) is 3.63. The second-order valence-electron chi connectivity index (χ2n) is 3.33. The summed E-state index contributed by atoms with van der Waals surface area (Å²) in [5, 5.41) is 3.52. The van der Waals surface area contributed by atoms with Crippen LogP contribution in [0.15, 0.2) is 0 Å². The summed E-state index contributed by atoms with van der Waals surface area (Å²) in [6, 6.07) is 0.762. The summed E-state index contributed by atoms with van der Waals surface area (Å²) in [6.07, 6.45) is 0. The Morgan fingerprint density at radius 3 is 2.75 bits per heavy atom. The standard InChI is InChI=1S/C8H16N2S2/c1-3-11-4-2-10(1)5-8-6-12-7-9-8/h8-9H,1-7H2. The minimum Gasteiger partial charge on any atom is -0.303 e. The highest BCUT2D eigenvalue weighted by atomic mass is 32.2. The lowest BCUT2D eigenvalue weighted by molar-refractivity contribution is 0.279. The zero-order chi connectivity index (χ0) is 8.23. The zero-order valence-electron chi connectivity index (χ0n) is 7.29. The summed E-state index contributed by atoms with van der Waals surface area (Å²) in [7, 11) is 0. The zero-order valence-corrected chi connectivity index (χ0v) is 8.92. The third-order valence-corrected chi connectivity index (χ3v) is 4.33. The van der Waals surface area contributed by atoms with E-state index in [1.165, 1.54) is 36.9 Å². The molecule has 2 rings (SSSR count). The van der Waals surface area contributed by atoms with Crippen LogP contribution >= 0.6 is 23.5 Å². The van der Waals surface area contributed by atoms with Crippen LogP contribution in [0.5, 0.6) is 0 Å². The molecule has 70 valence electrons. The molecule has 4 heteroatoms. The van der Waals surface area contributed by atoms with E-state index in [2.05, 4.69) is 22.0 Å². The molecule has 1 N–H and O–H groups in total. The number of nitrogens with zero attached hydrogens (tertiary/aromatic N) is 1. The lowest BCUT2D eigenvalue weighted by atomic mass is 10.3. The van der Waals surface area contributed by atoms with E-state index in [-0.39, 0.29) is 0 Å². The van der Waals surface area contributed by atoms with Crippen LogP contribution in [0.2, 0.25) is 0 Å². The first-order chi connectivity index (χ1) is 5.95. The molecule has 2 nitrogen and oxygen atoms in total. The largest absolute Gasteiger partial charge is 0.303 e. The predicted molar refractivity (Wildman–Crippen MR) is 58.0 cm³/mol. The van der Waals surface area contributed by atoms with Crippen LogP contribution in [-0.2, 0) is 0 Å². The minimum atomic E-state index is 0.762. The molecule has 0 saturated carbocycles. The van der Waals surface area contributed by atoms with Gasteiger partial charge in [0, 0.05) is 48.8 Å². The lowest BCUT2D eigenvalue weighted by Crippen LogP contribution is -2.42. The molecule has 2 aliphatic heterocycles. The molecule has 2 fully saturated rings. The number of rotatable bonds is 2. The van der Waals surface area contributed by atoms with E-state index < -0.39 is 0 Å². The van der Waals surface area contributed by atoms with Crippen molar-refractivity contribution in [1.82, 2.24) is 10.2 Å². The van der Waals surface area contributed by atoms with Gasteiger partial charge in [-0.1, -0.05) is 0 Å². The third-order valence-electron chi connectivity index (χ3n) is 2.38. The van der Waals surface area contributed by atoms with Crippen LogP contribution < -0.4 is 5.32 Å². The van der Waals surface area contributed by atoms with Crippen molar-refractivity contribution in [1.29, 1.82) is 0 Å². The van der Waals surface area contributed by atoms with E-state index in [4.69, 9.17) is 0 Å². The van der Waals surface area contributed by atoms with Gasteiger partial charge in [-0.2, -0.15) is 11.8 Å². The normalized spacial score (nSPS) is 32.5. The molecular weight excluding hydrogens is 188 g/mol. The molecule has 0 bridgehead atoms. The molecule has 1 unspecified atom stereocenters. The highest BCUT2D eigenvalue weighted by Gasteiger charge is 2.19. The molecule has 2 heterocycles. The van der Waals surface area contributed by atoms with E-state index in [0.717, 1.165) is 11.9 Å². The molecule has 0 radical (unpaired) electrons. The van der Waals surface area contributed by atoms with Gasteiger partial charge in [-0.25, -0.2) is 0 Å². The molecule has 2 aliphatic rings. The minimum absolute atomic E-state index is 0.762. The Morgan fingerprint density at radius 1 is 1.25 bits per heavy atom. The van der Waals surface area contributed by atoms with Crippen molar-refractivity contribution in [2.45, 2.75) is 6.04 Å². The number of thioether (sulfide) groups is 2. The highest BCUT2D eigenvalue weighted by molar-refractivity contribution is 7.99. The average Bonchev–Trinajstić information content (AvgIpc) is 2.59. The van der Waals surface area contributed by atoms with E-state index in [0.29, 0.717) is 0 Å². The summed E-state index contributed by atoms with van der Waals surface area (Å²) in [5.74, 6) is 5.14. The Morgan fingerprint density at radius 2 is 2.08 bits per heavy atom. The van der Waals surface area contributed by atoms with Crippen LogP contribution in [0.3, 0.4) is 0 Å². The molecule has 0 spiro atoms. The van der Waals surface area contributed by atoms with Gasteiger partial charge in [0.15, 0.2) is 0 Å². The van der Waals surface area contributed by atoms with Crippen molar-refractivity contribution in [2.75, 3.05) is 42.8 Å². The van der Waals surface area contributed by atoms with Gasteiger partial charge >= 0.3 is 0 Å². The second-order valence-corrected chi connectivity index (χ2v) is 5.58. The van der Waals surface area contributed by atoms with E-state index in [1.807, 2.05) is 11.8 Å². The van der Waals surface area contributed by atoms with Gasteiger partial charge in [-0.15, -0.1) is 11.8 Å². The van der Waals surface area contributed by atoms with E-state index in [1.54, 1.807) is 0 Å². The van der Waals surface area contributed by atoms with Gasteiger partial charge < -0.3 is 10.2 Å². The maximum absolute atomic E-state index is 3.52. The maximum atomic E-state index is 3.52. The predicted octanol–water partition coefficient (Wildman–Crippen LogP) is 0.698. The van der Waals surface area contributed by atoms with Gasteiger partial charge in [0.25, 0.3) is 0 Å². The smallest absolute Gasteiger partial charge is 0.0421 e. The molecular formula is C8H16N2S2. The van der Waals surface area contributed by atoms with Gasteiger partial charge in [0.05, 0.1) is 0 Å². The first kappa shape index (κ1) is 9.19. The maximum Gasteiger partial charge on any atom is 0.0421 e. The van der Waals surface area contributed by atoms with Gasteiger partial charge in [0.2, 0.25) is 0 Å². The van der Waals surface area contributed by atoms with E-state index in [9.17, 15) is 0 Å². The van der Waals surface area contributed by atoms with Crippen molar-refractivity contribution in [3.63, 3.8) is 0 Å². The SMILES string of the molecule is C1CN(CC2CSCN2)CCS1. The Balaban J connectivity index is 1.69. The second kappa shape index (κ2) is 4.74. The van der Waals surface area contributed by atoms with Gasteiger partial charge in [0.1, 0.15) is 0 Å². The summed E-state index contributed by atoms with van der Waals surface area (Å²) in [6.45, 7) is 3.87. The molecule has 1 atom stereocenters. The van der Waals surface area contributed by atoms with Gasteiger partial charge in [-0.05, 0) is 0 Å². The van der Waals surface area contributed by atoms with Crippen LogP contribution in [0.1, 0.15) is 0 Å². The first-order valence-corrected chi connectivity index (χ1v) is 6.87. The van der Waals surface area contributed by atoms with Crippen molar-refractivity contribution < 1.29 is 0 Å². The fraction of sp³-hybridized carbons (Fsp3) is 1.00. The summed E-state index contributed by atoms with van der Waals surface area (Å²) >= 11 is 4.12. The molecule has 12 heavy (non-hydrogen) atoms. The average molecular weight is 204 g/mol. The molecule has 0 aromatic carbocycles. The van der Waals surface area contributed by atoms with Crippen LogP contribution in [0.25, 0.3) is 0 Å². The number of nitrogens with one attached hydrogen (secondary N) is 1. The molecule has 0 aromatic heterocycles. The van der Waals surface area contributed by atoms with Crippen molar-refractivity contribution >= 4 is 23.5 Å². The Bertz CT molecular complexity index is 131. The molecule has 0 aromatic rings. The van der Waals surface area contributed by atoms with Crippen molar-refractivity contribution in [2.24, 2.45) is 0 Å². The Labute approximate surface area is 82.8 Å². The molecule has 0 aliphatic carbocycles. The van der Waals surface area contributed by atoms with E-state index >= 15 is 0 Å². The Hall–Kier alpha value is 0.620. The monoisotopic (exact) mass is 204 g/mol. The fourth-order valence-electron chi connectivity index (χ4n) is 1.65. The topological polar surface area (TPSA) is 15.3 Å². The number of hydrogen-bond donors (Lipinski definition) is 1. The van der Waals surface area contributed by atoms with Crippen molar-refractivity contribution in [3.05, 3.63) is 0 Å². The fourth-order valence-corrected chi connectivity index (χ4v) is 3.61. The molecule has 2 saturated heterocycles. The third kappa shape index (κ3) is 2.55. The number of hydrogen-bond acceptors (Lipinski definition) is 4. The lowest BCUT2D eigenvalue weighted by Gasteiger charge is -2.28.